The maximum atomic E-state index is 10.9. The first kappa shape index (κ1) is 14.1. The number of carbonyl (C=O) groups is 1. The fourth-order valence-corrected chi connectivity index (χ4v) is 2.84. The van der Waals surface area contributed by atoms with Gasteiger partial charge < -0.3 is 10.4 Å². The Kier molecular flexibility index (Phi) is 4.96. The number of nitrogens with one attached hydrogen (secondary N) is 1. The number of halogens is 1. The zero-order valence-corrected chi connectivity index (χ0v) is 11.7. The van der Waals surface area contributed by atoms with Crippen LogP contribution < -0.4 is 5.32 Å². The minimum Gasteiger partial charge on any atom is -0.481 e. The Morgan fingerprint density at radius 1 is 1.37 bits per heavy atom. The molecule has 100 valence electrons. The Hall–Kier alpha value is -1.36. The Balaban J connectivity index is 2.02. The van der Waals surface area contributed by atoms with Gasteiger partial charge in [-0.2, -0.15) is 0 Å². The molecule has 1 heterocycles. The lowest BCUT2D eigenvalue weighted by atomic mass is 10.1. The van der Waals surface area contributed by atoms with Crippen molar-refractivity contribution in [3.63, 3.8) is 0 Å². The molecule has 2 N–H and O–H groups in total. The van der Waals surface area contributed by atoms with E-state index in [1.165, 1.54) is 0 Å². The molecule has 0 fully saturated rings. The SMILES string of the molecule is O=C(O)CC(NCc1cccc(Cl)c1)c1cccs1. The third-order valence-electron chi connectivity index (χ3n) is 2.71. The molecule has 1 aromatic heterocycles. The lowest BCUT2D eigenvalue weighted by Gasteiger charge is -2.15. The van der Waals surface area contributed by atoms with Crippen LogP contribution in [0.3, 0.4) is 0 Å². The van der Waals surface area contributed by atoms with Gasteiger partial charge in [0.25, 0.3) is 0 Å². The molecule has 0 aliphatic heterocycles. The lowest BCUT2D eigenvalue weighted by Crippen LogP contribution is -2.22. The van der Waals surface area contributed by atoms with Crippen molar-refractivity contribution in [1.82, 2.24) is 5.32 Å². The minimum absolute atomic E-state index is 0.0705. The van der Waals surface area contributed by atoms with Gasteiger partial charge in [0.05, 0.1) is 12.5 Å². The van der Waals surface area contributed by atoms with Crippen molar-refractivity contribution in [2.75, 3.05) is 0 Å². The number of benzene rings is 1. The minimum atomic E-state index is -0.808. The molecule has 1 atom stereocenters. The van der Waals surface area contributed by atoms with E-state index in [1.807, 2.05) is 41.8 Å². The predicted molar refractivity (Wildman–Crippen MR) is 77.6 cm³/mol. The van der Waals surface area contributed by atoms with Gasteiger partial charge in [-0.15, -0.1) is 11.3 Å². The standard InChI is InChI=1S/C14H14ClNO2S/c15-11-4-1-3-10(7-11)9-16-12(8-14(17)18)13-5-2-6-19-13/h1-7,12,16H,8-9H2,(H,17,18). The smallest absolute Gasteiger partial charge is 0.305 e. The van der Waals surface area contributed by atoms with Gasteiger partial charge in [0.15, 0.2) is 0 Å². The van der Waals surface area contributed by atoms with Crippen molar-refractivity contribution in [1.29, 1.82) is 0 Å². The maximum absolute atomic E-state index is 10.9. The third-order valence-corrected chi connectivity index (χ3v) is 3.93. The van der Waals surface area contributed by atoms with Gasteiger partial charge >= 0.3 is 5.97 Å². The van der Waals surface area contributed by atoms with E-state index in [0.29, 0.717) is 11.6 Å². The van der Waals surface area contributed by atoms with Crippen LogP contribution in [0.15, 0.2) is 41.8 Å². The summed E-state index contributed by atoms with van der Waals surface area (Å²) in [4.78, 5) is 11.9. The van der Waals surface area contributed by atoms with Crippen LogP contribution in [0.4, 0.5) is 0 Å². The van der Waals surface area contributed by atoms with Gasteiger partial charge in [-0.05, 0) is 29.1 Å². The number of hydrogen-bond donors (Lipinski definition) is 2. The summed E-state index contributed by atoms with van der Waals surface area (Å²) in [7, 11) is 0. The molecule has 0 aliphatic rings. The monoisotopic (exact) mass is 295 g/mol. The Morgan fingerprint density at radius 3 is 2.84 bits per heavy atom. The van der Waals surface area contributed by atoms with Crippen molar-refractivity contribution >= 4 is 28.9 Å². The molecule has 0 aliphatic carbocycles. The molecule has 0 saturated carbocycles. The predicted octanol–water partition coefficient (Wildman–Crippen LogP) is 3.71. The van der Waals surface area contributed by atoms with Crippen LogP contribution in [0.2, 0.25) is 5.02 Å². The second-order valence-electron chi connectivity index (χ2n) is 4.18. The van der Waals surface area contributed by atoms with Crippen molar-refractivity contribution in [3.05, 3.63) is 57.2 Å². The van der Waals surface area contributed by atoms with Gasteiger partial charge in [-0.25, -0.2) is 0 Å². The first-order valence-electron chi connectivity index (χ1n) is 5.88. The van der Waals surface area contributed by atoms with Gasteiger partial charge in [0.1, 0.15) is 0 Å². The summed E-state index contributed by atoms with van der Waals surface area (Å²) >= 11 is 7.48. The van der Waals surface area contributed by atoms with E-state index in [2.05, 4.69) is 5.32 Å². The molecule has 2 aromatic rings. The quantitative estimate of drug-likeness (QED) is 0.854. The van der Waals surface area contributed by atoms with E-state index < -0.39 is 5.97 Å². The normalized spacial score (nSPS) is 12.3. The second kappa shape index (κ2) is 6.70. The molecule has 19 heavy (non-hydrogen) atoms. The molecule has 3 nitrogen and oxygen atoms in total. The van der Waals surface area contributed by atoms with Gasteiger partial charge in [-0.1, -0.05) is 29.8 Å². The first-order chi connectivity index (χ1) is 9.15. The van der Waals surface area contributed by atoms with E-state index in [0.717, 1.165) is 10.4 Å². The highest BCUT2D eigenvalue weighted by atomic mass is 35.5. The molecule has 0 spiro atoms. The molecular formula is C14H14ClNO2S. The van der Waals surface area contributed by atoms with Crippen molar-refractivity contribution in [2.45, 2.75) is 19.0 Å². The highest BCUT2D eigenvalue weighted by Crippen LogP contribution is 2.22. The summed E-state index contributed by atoms with van der Waals surface area (Å²) in [6.45, 7) is 0.594. The summed E-state index contributed by atoms with van der Waals surface area (Å²) in [6.07, 6.45) is 0.0705. The first-order valence-corrected chi connectivity index (χ1v) is 7.14. The fourth-order valence-electron chi connectivity index (χ4n) is 1.83. The molecule has 2 rings (SSSR count). The van der Waals surface area contributed by atoms with E-state index in [-0.39, 0.29) is 12.5 Å². The summed E-state index contributed by atoms with van der Waals surface area (Å²) in [5, 5.41) is 14.9. The average molecular weight is 296 g/mol. The fraction of sp³-hybridized carbons (Fsp3) is 0.214. The number of rotatable bonds is 6. The highest BCUT2D eigenvalue weighted by Gasteiger charge is 2.15. The molecule has 1 aromatic carbocycles. The van der Waals surface area contributed by atoms with Crippen LogP contribution in [0.1, 0.15) is 22.9 Å². The molecule has 0 bridgehead atoms. The Labute approximate surface area is 120 Å². The summed E-state index contributed by atoms with van der Waals surface area (Å²) in [5.74, 6) is -0.808. The maximum Gasteiger partial charge on any atom is 0.305 e. The lowest BCUT2D eigenvalue weighted by molar-refractivity contribution is -0.137. The number of carboxylic acid groups (broad SMARTS) is 1. The number of aliphatic carboxylic acids is 1. The van der Waals surface area contributed by atoms with E-state index in [1.54, 1.807) is 11.3 Å². The Bertz CT molecular complexity index is 542. The highest BCUT2D eigenvalue weighted by molar-refractivity contribution is 7.10. The van der Waals surface area contributed by atoms with Crippen molar-refractivity contribution < 1.29 is 9.90 Å². The van der Waals surface area contributed by atoms with E-state index in [9.17, 15) is 4.79 Å². The largest absolute Gasteiger partial charge is 0.481 e. The van der Waals surface area contributed by atoms with Gasteiger partial charge in [0, 0.05) is 16.4 Å². The van der Waals surface area contributed by atoms with Crippen LogP contribution >= 0.6 is 22.9 Å². The van der Waals surface area contributed by atoms with Crippen LogP contribution in [-0.4, -0.2) is 11.1 Å². The molecule has 1 unspecified atom stereocenters. The number of carboxylic acids is 1. The third kappa shape index (κ3) is 4.35. The summed E-state index contributed by atoms with van der Waals surface area (Å²) in [6, 6.07) is 11.2. The van der Waals surface area contributed by atoms with Crippen molar-refractivity contribution in [3.8, 4) is 0 Å². The molecular weight excluding hydrogens is 282 g/mol. The van der Waals surface area contributed by atoms with Gasteiger partial charge in [-0.3, -0.25) is 4.79 Å². The average Bonchev–Trinajstić information content (AvgIpc) is 2.88. The molecule has 5 heteroatoms. The van der Waals surface area contributed by atoms with Crippen LogP contribution in [0.5, 0.6) is 0 Å². The van der Waals surface area contributed by atoms with Gasteiger partial charge in [0.2, 0.25) is 0 Å². The topological polar surface area (TPSA) is 49.3 Å². The van der Waals surface area contributed by atoms with Crippen molar-refractivity contribution in [2.24, 2.45) is 0 Å². The Morgan fingerprint density at radius 2 is 2.21 bits per heavy atom. The second-order valence-corrected chi connectivity index (χ2v) is 5.59. The molecule has 0 saturated heterocycles. The number of hydrogen-bond acceptors (Lipinski definition) is 3. The van der Waals surface area contributed by atoms with Crippen LogP contribution in [0.25, 0.3) is 0 Å². The zero-order chi connectivity index (χ0) is 13.7. The summed E-state index contributed by atoms with van der Waals surface area (Å²) < 4.78 is 0. The molecule has 0 amide bonds. The van der Waals surface area contributed by atoms with E-state index >= 15 is 0 Å². The van der Waals surface area contributed by atoms with Crippen LogP contribution in [-0.2, 0) is 11.3 Å². The van der Waals surface area contributed by atoms with Crippen LogP contribution in [0, 0.1) is 0 Å². The van der Waals surface area contributed by atoms with E-state index in [4.69, 9.17) is 16.7 Å². The summed E-state index contributed by atoms with van der Waals surface area (Å²) in [5.41, 5.74) is 1.04. The number of thiophene rings is 1. The zero-order valence-electron chi connectivity index (χ0n) is 10.2. The molecule has 0 radical (unpaired) electrons.